The van der Waals surface area contributed by atoms with E-state index in [1.54, 1.807) is 38.4 Å². The number of hydrogen-bond donors (Lipinski definition) is 0. The highest BCUT2D eigenvalue weighted by molar-refractivity contribution is 5.95. The number of anilines is 1. The van der Waals surface area contributed by atoms with Gasteiger partial charge in [-0.05, 0) is 67.9 Å². The van der Waals surface area contributed by atoms with Gasteiger partial charge in [-0.25, -0.2) is 4.98 Å². The second kappa shape index (κ2) is 15.9. The van der Waals surface area contributed by atoms with E-state index in [-0.39, 0.29) is 11.8 Å². The number of methoxy groups -OCH3 is 3. The molecule has 10 nitrogen and oxygen atoms in total. The number of para-hydroxylation sites is 2. The van der Waals surface area contributed by atoms with Crippen molar-refractivity contribution in [3.8, 4) is 17.2 Å². The number of aromatic nitrogens is 3. The topological polar surface area (TPSA) is 85.2 Å². The Morgan fingerprint density at radius 3 is 2.31 bits per heavy atom. The third-order valence-corrected chi connectivity index (χ3v) is 9.37. The fraction of sp³-hybridized carbons (Fsp3) is 0.359. The average Bonchev–Trinajstić information content (AvgIpc) is 3.33. The van der Waals surface area contributed by atoms with Crippen molar-refractivity contribution in [2.24, 2.45) is 0 Å². The number of benzene rings is 3. The van der Waals surface area contributed by atoms with Crippen LogP contribution >= 0.6 is 0 Å². The van der Waals surface area contributed by atoms with Gasteiger partial charge in [0.25, 0.3) is 5.91 Å². The molecular weight excluding hydrogens is 616 g/mol. The maximum absolute atomic E-state index is 13.7. The number of carbonyl (C=O) groups excluding carboxylic acids is 1. The van der Waals surface area contributed by atoms with Gasteiger partial charge in [-0.1, -0.05) is 48.5 Å². The van der Waals surface area contributed by atoms with Gasteiger partial charge in [0, 0.05) is 50.9 Å². The molecule has 6 rings (SSSR count). The Labute approximate surface area is 288 Å². The molecule has 256 valence electrons. The van der Waals surface area contributed by atoms with Crippen molar-refractivity contribution < 1.29 is 19.0 Å². The Kier molecular flexibility index (Phi) is 10.9. The minimum Gasteiger partial charge on any atom is -0.493 e. The van der Waals surface area contributed by atoms with E-state index in [2.05, 4.69) is 67.9 Å². The number of rotatable bonds is 13. The van der Waals surface area contributed by atoms with Crippen molar-refractivity contribution in [2.45, 2.75) is 25.3 Å². The minimum absolute atomic E-state index is 0.0980. The van der Waals surface area contributed by atoms with E-state index in [0.29, 0.717) is 35.9 Å². The number of pyridine rings is 1. The molecule has 1 aliphatic rings. The molecule has 10 heteroatoms. The minimum atomic E-state index is -0.0980. The summed E-state index contributed by atoms with van der Waals surface area (Å²) in [7, 11) is 6.53. The number of ether oxygens (including phenoxy) is 3. The van der Waals surface area contributed by atoms with Gasteiger partial charge in [0.15, 0.2) is 11.5 Å². The summed E-state index contributed by atoms with van der Waals surface area (Å²) in [5.74, 6) is 2.45. The molecule has 1 aliphatic heterocycles. The van der Waals surface area contributed by atoms with Crippen molar-refractivity contribution in [2.75, 3.05) is 72.5 Å². The summed E-state index contributed by atoms with van der Waals surface area (Å²) >= 11 is 0. The summed E-state index contributed by atoms with van der Waals surface area (Å²) in [6.45, 7) is 5.98. The van der Waals surface area contributed by atoms with Crippen LogP contribution in [0.1, 0.15) is 40.4 Å². The third-order valence-electron chi connectivity index (χ3n) is 9.37. The molecule has 0 radical (unpaired) electrons. The number of imidazole rings is 1. The van der Waals surface area contributed by atoms with Crippen LogP contribution in [0.25, 0.3) is 11.0 Å². The van der Waals surface area contributed by atoms with Crippen LogP contribution in [0.2, 0.25) is 0 Å². The number of likely N-dealkylation sites (N-methyl/N-ethyl adjacent to an activating group) is 1. The molecule has 0 N–H and O–H groups in total. The number of hydrogen-bond acceptors (Lipinski definition) is 8. The lowest BCUT2D eigenvalue weighted by Gasteiger charge is -2.28. The lowest BCUT2D eigenvalue weighted by molar-refractivity contribution is 0.0782. The molecule has 0 aliphatic carbocycles. The Bertz CT molecular complexity index is 1800. The largest absolute Gasteiger partial charge is 0.493 e. The standard InChI is InChI=1S/C39H46N6O4/c1-42(38(46)31-25-35(47-2)37(49-4)36(26-31)48-3)27-30(29-13-6-5-7-14-29)18-22-43-20-12-21-44(24-23-43)39-41-33-16-8-9-17-34(33)45(39)28-32-15-10-11-19-40-32/h5-11,13-17,19,25-26,30H,12,18,20-24,27-28H2,1-4H3. The molecule has 2 aromatic heterocycles. The molecule has 1 fully saturated rings. The van der Waals surface area contributed by atoms with Crippen molar-refractivity contribution in [1.82, 2.24) is 24.3 Å². The first-order valence-corrected chi connectivity index (χ1v) is 16.9. The number of fused-ring (bicyclic) bond motifs is 1. The molecule has 0 spiro atoms. The van der Waals surface area contributed by atoms with E-state index in [1.807, 2.05) is 37.5 Å². The normalized spacial score (nSPS) is 14.3. The Hall–Kier alpha value is -5.09. The zero-order valence-corrected chi connectivity index (χ0v) is 28.9. The molecule has 0 saturated carbocycles. The first-order valence-electron chi connectivity index (χ1n) is 16.9. The van der Waals surface area contributed by atoms with E-state index in [1.165, 1.54) is 5.56 Å². The van der Waals surface area contributed by atoms with Crippen LogP contribution in [0.3, 0.4) is 0 Å². The van der Waals surface area contributed by atoms with Gasteiger partial charge in [-0.15, -0.1) is 0 Å². The SMILES string of the molecule is COc1cc(C(=O)N(C)CC(CCN2CCCN(c3nc4ccccc4n3Cc3ccccn3)CC2)c2ccccc2)cc(OC)c1OC. The van der Waals surface area contributed by atoms with E-state index < -0.39 is 0 Å². The summed E-state index contributed by atoms with van der Waals surface area (Å²) in [5, 5.41) is 0. The van der Waals surface area contributed by atoms with Gasteiger partial charge >= 0.3 is 0 Å². The molecule has 1 atom stereocenters. The van der Waals surface area contributed by atoms with Crippen molar-refractivity contribution in [1.29, 1.82) is 0 Å². The molecule has 3 aromatic carbocycles. The molecular formula is C39H46N6O4. The van der Waals surface area contributed by atoms with Gasteiger partial charge in [0.2, 0.25) is 11.7 Å². The monoisotopic (exact) mass is 662 g/mol. The van der Waals surface area contributed by atoms with Gasteiger partial charge in [0.1, 0.15) is 0 Å². The Morgan fingerprint density at radius 2 is 1.59 bits per heavy atom. The van der Waals surface area contributed by atoms with Crippen LogP contribution in [-0.4, -0.2) is 97.9 Å². The summed E-state index contributed by atoms with van der Waals surface area (Å²) in [6.07, 6.45) is 3.82. The second-order valence-electron chi connectivity index (χ2n) is 12.5. The molecule has 1 amide bonds. The maximum Gasteiger partial charge on any atom is 0.253 e. The number of carbonyl (C=O) groups is 1. The van der Waals surface area contributed by atoms with E-state index >= 15 is 0 Å². The van der Waals surface area contributed by atoms with Crippen LogP contribution in [0.15, 0.2) is 91.1 Å². The van der Waals surface area contributed by atoms with E-state index in [0.717, 1.165) is 68.2 Å². The highest BCUT2D eigenvalue weighted by Gasteiger charge is 2.25. The summed E-state index contributed by atoms with van der Waals surface area (Å²) in [4.78, 5) is 30.2. The van der Waals surface area contributed by atoms with Gasteiger partial charge in [-0.2, -0.15) is 0 Å². The summed E-state index contributed by atoms with van der Waals surface area (Å²) in [5.41, 5.74) is 4.87. The highest BCUT2D eigenvalue weighted by Crippen LogP contribution is 2.38. The fourth-order valence-corrected chi connectivity index (χ4v) is 6.77. The van der Waals surface area contributed by atoms with Gasteiger partial charge < -0.3 is 33.5 Å². The molecule has 3 heterocycles. The zero-order chi connectivity index (χ0) is 34.2. The predicted octanol–water partition coefficient (Wildman–Crippen LogP) is 5.96. The fourth-order valence-electron chi connectivity index (χ4n) is 6.77. The molecule has 1 saturated heterocycles. The highest BCUT2D eigenvalue weighted by atomic mass is 16.5. The average molecular weight is 663 g/mol. The smallest absolute Gasteiger partial charge is 0.253 e. The van der Waals surface area contributed by atoms with Crippen LogP contribution in [0.5, 0.6) is 17.2 Å². The summed E-state index contributed by atoms with van der Waals surface area (Å²) < 4.78 is 18.8. The zero-order valence-electron chi connectivity index (χ0n) is 28.9. The lowest BCUT2D eigenvalue weighted by Crippen LogP contribution is -2.35. The van der Waals surface area contributed by atoms with Gasteiger partial charge in [-0.3, -0.25) is 9.78 Å². The van der Waals surface area contributed by atoms with Crippen LogP contribution < -0.4 is 19.1 Å². The van der Waals surface area contributed by atoms with Crippen molar-refractivity contribution >= 4 is 22.9 Å². The number of amides is 1. The quantitative estimate of drug-likeness (QED) is 0.153. The Morgan fingerprint density at radius 1 is 0.857 bits per heavy atom. The first kappa shape index (κ1) is 33.8. The summed E-state index contributed by atoms with van der Waals surface area (Å²) in [6, 6.07) is 28.4. The lowest BCUT2D eigenvalue weighted by atomic mass is 9.94. The van der Waals surface area contributed by atoms with Crippen molar-refractivity contribution in [3.05, 3.63) is 108 Å². The first-order chi connectivity index (χ1) is 24.0. The van der Waals surface area contributed by atoms with Gasteiger partial charge in [0.05, 0.1) is 44.6 Å². The Balaban J connectivity index is 1.14. The molecule has 5 aromatic rings. The number of nitrogens with zero attached hydrogens (tertiary/aromatic N) is 6. The third kappa shape index (κ3) is 7.81. The predicted molar refractivity (Wildman–Crippen MR) is 193 cm³/mol. The molecule has 1 unspecified atom stereocenters. The van der Waals surface area contributed by atoms with Crippen LogP contribution in [0, 0.1) is 0 Å². The van der Waals surface area contributed by atoms with Crippen molar-refractivity contribution in [3.63, 3.8) is 0 Å². The van der Waals surface area contributed by atoms with Crippen LogP contribution in [0.4, 0.5) is 5.95 Å². The van der Waals surface area contributed by atoms with E-state index in [4.69, 9.17) is 19.2 Å². The maximum atomic E-state index is 13.7. The second-order valence-corrected chi connectivity index (χ2v) is 12.5. The van der Waals surface area contributed by atoms with Crippen LogP contribution in [-0.2, 0) is 6.54 Å². The molecule has 0 bridgehead atoms. The molecule has 49 heavy (non-hydrogen) atoms. The van der Waals surface area contributed by atoms with E-state index in [9.17, 15) is 4.79 Å².